The van der Waals surface area contributed by atoms with Gasteiger partial charge >= 0.3 is 0 Å². The Kier molecular flexibility index (Phi) is 2.83. The Morgan fingerprint density at radius 2 is 2.29 bits per heavy atom. The molecule has 0 fully saturated rings. The molecule has 2 heterocycles. The fourth-order valence-corrected chi connectivity index (χ4v) is 2.28. The van der Waals surface area contributed by atoms with E-state index in [4.69, 9.17) is 4.42 Å². The Balaban J connectivity index is 2.25. The van der Waals surface area contributed by atoms with Gasteiger partial charge in [0.2, 0.25) is 0 Å². The second-order valence-corrected chi connectivity index (χ2v) is 4.26. The normalized spacial score (nSPS) is 10.4. The van der Waals surface area contributed by atoms with E-state index in [9.17, 15) is 0 Å². The molecule has 0 amide bonds. The smallest absolute Gasteiger partial charge is 0.261 e. The number of oxazole rings is 1. The molecule has 0 aliphatic carbocycles. The van der Waals surface area contributed by atoms with Crippen molar-refractivity contribution in [1.29, 1.82) is 0 Å². The fourth-order valence-electron chi connectivity index (χ4n) is 0.908. The molecule has 0 spiro atoms. The highest BCUT2D eigenvalue weighted by Crippen LogP contribution is 2.25. The fraction of sp³-hybridized carbons (Fsp3) is 0.125. The van der Waals surface area contributed by atoms with E-state index >= 15 is 0 Å². The summed E-state index contributed by atoms with van der Waals surface area (Å²) in [6, 6.07) is 1.82. The molecule has 0 atom stereocenters. The minimum atomic E-state index is 0.579. The highest BCUT2D eigenvalue weighted by molar-refractivity contribution is 9.10. The van der Waals surface area contributed by atoms with Gasteiger partial charge in [-0.3, -0.25) is 0 Å². The SMILES string of the molecule is Cc1nc(Br)cc(Sc2ncco2)n1. The molecule has 6 heteroatoms. The zero-order valence-electron chi connectivity index (χ0n) is 7.27. The van der Waals surface area contributed by atoms with Gasteiger partial charge in [-0.15, -0.1) is 0 Å². The highest BCUT2D eigenvalue weighted by atomic mass is 79.9. The molecule has 0 aliphatic heterocycles. The number of rotatable bonds is 2. The van der Waals surface area contributed by atoms with Gasteiger partial charge in [0, 0.05) is 6.07 Å². The number of hydrogen-bond acceptors (Lipinski definition) is 5. The lowest BCUT2D eigenvalue weighted by atomic mass is 10.6. The van der Waals surface area contributed by atoms with Crippen LogP contribution in [0.25, 0.3) is 0 Å². The summed E-state index contributed by atoms with van der Waals surface area (Å²) in [6.07, 6.45) is 3.14. The van der Waals surface area contributed by atoms with Crippen LogP contribution in [0, 0.1) is 6.92 Å². The van der Waals surface area contributed by atoms with Crippen molar-refractivity contribution in [2.75, 3.05) is 0 Å². The molecule has 0 saturated heterocycles. The quantitative estimate of drug-likeness (QED) is 0.787. The standard InChI is InChI=1S/C8H6BrN3OS/c1-5-11-6(9)4-7(12-5)14-8-10-2-3-13-8/h2-4H,1H3. The number of halogens is 1. The van der Waals surface area contributed by atoms with Crippen molar-refractivity contribution < 1.29 is 4.42 Å². The summed E-state index contributed by atoms with van der Waals surface area (Å²) in [7, 11) is 0. The number of aromatic nitrogens is 3. The number of hydrogen-bond donors (Lipinski definition) is 0. The Hall–Kier alpha value is -0.880. The molecular formula is C8H6BrN3OS. The molecule has 72 valence electrons. The molecule has 2 rings (SSSR count). The van der Waals surface area contributed by atoms with Crippen molar-refractivity contribution in [3.8, 4) is 0 Å². The molecule has 0 radical (unpaired) electrons. The van der Waals surface area contributed by atoms with Crippen molar-refractivity contribution in [3.05, 3.63) is 29.0 Å². The number of nitrogens with zero attached hydrogens (tertiary/aromatic N) is 3. The minimum absolute atomic E-state index is 0.579. The van der Waals surface area contributed by atoms with Gasteiger partial charge < -0.3 is 4.42 Å². The summed E-state index contributed by atoms with van der Waals surface area (Å²) in [5, 5.41) is 1.39. The average molecular weight is 272 g/mol. The van der Waals surface area contributed by atoms with E-state index < -0.39 is 0 Å². The van der Waals surface area contributed by atoms with Gasteiger partial charge in [-0.05, 0) is 34.6 Å². The van der Waals surface area contributed by atoms with Crippen molar-refractivity contribution >= 4 is 27.7 Å². The second-order valence-electron chi connectivity index (χ2n) is 2.48. The van der Waals surface area contributed by atoms with Crippen LogP contribution < -0.4 is 0 Å². The molecule has 0 bridgehead atoms. The molecule has 4 nitrogen and oxygen atoms in total. The predicted octanol–water partition coefficient (Wildman–Crippen LogP) is 2.69. The molecule has 0 N–H and O–H groups in total. The second kappa shape index (κ2) is 4.10. The molecule has 0 aromatic carbocycles. The summed E-state index contributed by atoms with van der Waals surface area (Å²) < 4.78 is 5.86. The monoisotopic (exact) mass is 271 g/mol. The van der Waals surface area contributed by atoms with Gasteiger partial charge in [-0.2, -0.15) is 0 Å². The van der Waals surface area contributed by atoms with Gasteiger partial charge in [-0.1, -0.05) is 0 Å². The van der Waals surface area contributed by atoms with Gasteiger partial charge in [0.15, 0.2) is 0 Å². The van der Waals surface area contributed by atoms with Crippen LogP contribution in [0.15, 0.2) is 37.8 Å². The first-order valence-corrected chi connectivity index (χ1v) is 5.43. The van der Waals surface area contributed by atoms with Crippen molar-refractivity contribution in [2.24, 2.45) is 0 Å². The van der Waals surface area contributed by atoms with Gasteiger partial charge in [-0.25, -0.2) is 15.0 Å². The van der Waals surface area contributed by atoms with Crippen LogP contribution in [0.2, 0.25) is 0 Å². The van der Waals surface area contributed by atoms with E-state index in [1.54, 1.807) is 6.20 Å². The zero-order valence-corrected chi connectivity index (χ0v) is 9.67. The lowest BCUT2D eigenvalue weighted by Crippen LogP contribution is -1.89. The highest BCUT2D eigenvalue weighted by Gasteiger charge is 2.05. The van der Waals surface area contributed by atoms with Crippen LogP contribution >= 0.6 is 27.7 Å². The Morgan fingerprint density at radius 3 is 2.93 bits per heavy atom. The van der Waals surface area contributed by atoms with Crippen molar-refractivity contribution in [1.82, 2.24) is 15.0 Å². The first-order valence-electron chi connectivity index (χ1n) is 3.82. The molecule has 2 aromatic rings. The lowest BCUT2D eigenvalue weighted by molar-refractivity contribution is 0.454. The summed E-state index contributed by atoms with van der Waals surface area (Å²) in [5.74, 6) is 0.716. The van der Waals surface area contributed by atoms with Gasteiger partial charge in [0.05, 0.1) is 6.20 Å². The van der Waals surface area contributed by atoms with E-state index in [2.05, 4.69) is 30.9 Å². The van der Waals surface area contributed by atoms with Crippen LogP contribution in [0.3, 0.4) is 0 Å². The first-order chi connectivity index (χ1) is 6.74. The zero-order chi connectivity index (χ0) is 9.97. The third-order valence-electron chi connectivity index (χ3n) is 1.38. The van der Waals surface area contributed by atoms with E-state index in [-0.39, 0.29) is 0 Å². The van der Waals surface area contributed by atoms with Crippen LogP contribution in [0.5, 0.6) is 0 Å². The third-order valence-corrected chi connectivity index (χ3v) is 2.59. The molecule has 0 unspecified atom stereocenters. The van der Waals surface area contributed by atoms with Crippen LogP contribution in [0.4, 0.5) is 0 Å². The van der Waals surface area contributed by atoms with Crippen molar-refractivity contribution in [2.45, 2.75) is 17.2 Å². The lowest BCUT2D eigenvalue weighted by Gasteiger charge is -1.98. The largest absolute Gasteiger partial charge is 0.440 e. The first kappa shape index (κ1) is 9.67. The van der Waals surface area contributed by atoms with E-state index in [1.807, 2.05) is 13.0 Å². The van der Waals surface area contributed by atoms with Crippen LogP contribution in [-0.4, -0.2) is 15.0 Å². The Bertz CT molecular complexity index is 412. The van der Waals surface area contributed by atoms with Crippen LogP contribution in [0.1, 0.15) is 5.82 Å². The molecule has 14 heavy (non-hydrogen) atoms. The van der Waals surface area contributed by atoms with E-state index in [1.165, 1.54) is 18.0 Å². The van der Waals surface area contributed by atoms with E-state index in [0.717, 1.165) is 9.63 Å². The summed E-state index contributed by atoms with van der Waals surface area (Å²) in [6.45, 7) is 1.84. The topological polar surface area (TPSA) is 51.8 Å². The van der Waals surface area contributed by atoms with Crippen molar-refractivity contribution in [3.63, 3.8) is 0 Å². The third kappa shape index (κ3) is 2.33. The van der Waals surface area contributed by atoms with Gasteiger partial charge in [0.25, 0.3) is 5.22 Å². The summed E-state index contributed by atoms with van der Waals surface area (Å²) in [5.41, 5.74) is 0. The minimum Gasteiger partial charge on any atom is -0.440 e. The molecule has 0 aliphatic rings. The average Bonchev–Trinajstić information content (AvgIpc) is 2.54. The Labute approximate surface area is 93.3 Å². The maximum absolute atomic E-state index is 5.09. The molecular weight excluding hydrogens is 266 g/mol. The Morgan fingerprint density at radius 1 is 1.43 bits per heavy atom. The molecule has 2 aromatic heterocycles. The predicted molar refractivity (Wildman–Crippen MR) is 55.1 cm³/mol. The van der Waals surface area contributed by atoms with E-state index in [0.29, 0.717) is 11.0 Å². The van der Waals surface area contributed by atoms with Gasteiger partial charge in [0.1, 0.15) is 21.7 Å². The van der Waals surface area contributed by atoms with Crippen LogP contribution in [-0.2, 0) is 0 Å². The summed E-state index contributed by atoms with van der Waals surface area (Å²) in [4.78, 5) is 12.3. The maximum Gasteiger partial charge on any atom is 0.261 e. The maximum atomic E-state index is 5.09. The summed E-state index contributed by atoms with van der Waals surface area (Å²) >= 11 is 4.67. The molecule has 0 saturated carbocycles. The number of aryl methyl sites for hydroxylation is 1.